The summed E-state index contributed by atoms with van der Waals surface area (Å²) in [5.41, 5.74) is 1.58. The molecule has 2 N–H and O–H groups in total. The highest BCUT2D eigenvalue weighted by atomic mass is 16.2. The van der Waals surface area contributed by atoms with Crippen LogP contribution in [0.4, 0.5) is 0 Å². The van der Waals surface area contributed by atoms with Crippen LogP contribution in [0.15, 0.2) is 18.2 Å². The van der Waals surface area contributed by atoms with Crippen molar-refractivity contribution in [2.24, 2.45) is 0 Å². The van der Waals surface area contributed by atoms with Crippen LogP contribution in [-0.4, -0.2) is 64.6 Å². The molecule has 134 valence electrons. The summed E-state index contributed by atoms with van der Waals surface area (Å²) in [5.74, 6) is -1.83. The van der Waals surface area contributed by atoms with Crippen molar-refractivity contribution >= 4 is 23.6 Å². The van der Waals surface area contributed by atoms with Crippen LogP contribution in [0, 0.1) is 0 Å². The van der Waals surface area contributed by atoms with Crippen molar-refractivity contribution in [3.8, 4) is 0 Å². The number of benzene rings is 1. The number of piperidine rings is 1. The van der Waals surface area contributed by atoms with Gasteiger partial charge in [0.15, 0.2) is 0 Å². The fraction of sp³-hybridized carbons (Fsp3) is 0.444. The highest BCUT2D eigenvalue weighted by molar-refractivity contribution is 6.24. The van der Waals surface area contributed by atoms with Crippen molar-refractivity contribution in [1.29, 1.82) is 0 Å². The second-order valence-corrected chi connectivity index (χ2v) is 7.25. The zero-order chi connectivity index (χ0) is 18.0. The minimum atomic E-state index is -0.919. The molecule has 3 unspecified atom stereocenters. The molecular formula is C18H18N4O4. The highest BCUT2D eigenvalue weighted by Crippen LogP contribution is 2.36. The second kappa shape index (κ2) is 5.46. The van der Waals surface area contributed by atoms with Gasteiger partial charge < -0.3 is 5.32 Å². The van der Waals surface area contributed by atoms with Gasteiger partial charge in [-0.3, -0.25) is 34.3 Å². The Morgan fingerprint density at radius 1 is 1.04 bits per heavy atom. The SMILES string of the molecule is O=C1CCC(N2C(=O)c3cccc(CN4C5CNCC54)c3C2=O)C(=O)N1. The number of hydrogen-bond acceptors (Lipinski definition) is 6. The van der Waals surface area contributed by atoms with Gasteiger partial charge in [0, 0.05) is 38.1 Å². The van der Waals surface area contributed by atoms with Crippen LogP contribution in [0.25, 0.3) is 0 Å². The molecule has 4 aliphatic heterocycles. The molecule has 4 amide bonds. The molecule has 3 fully saturated rings. The number of piperazine rings is 1. The van der Waals surface area contributed by atoms with Crippen LogP contribution in [0.2, 0.25) is 0 Å². The van der Waals surface area contributed by atoms with Crippen molar-refractivity contribution in [1.82, 2.24) is 20.4 Å². The van der Waals surface area contributed by atoms with Crippen LogP contribution in [0.1, 0.15) is 39.1 Å². The topological polar surface area (TPSA) is 98.6 Å². The molecule has 0 radical (unpaired) electrons. The van der Waals surface area contributed by atoms with Gasteiger partial charge in [-0.05, 0) is 18.1 Å². The predicted octanol–water partition coefficient (Wildman–Crippen LogP) is -0.756. The maximum Gasteiger partial charge on any atom is 0.262 e. The molecule has 1 aromatic rings. The molecule has 0 aliphatic carbocycles. The average molecular weight is 354 g/mol. The minimum absolute atomic E-state index is 0.126. The summed E-state index contributed by atoms with van der Waals surface area (Å²) in [5, 5.41) is 5.54. The first kappa shape index (κ1) is 15.7. The molecule has 0 spiro atoms. The quantitative estimate of drug-likeness (QED) is 0.547. The molecule has 0 bridgehead atoms. The third-order valence-electron chi connectivity index (χ3n) is 5.82. The first-order valence-electron chi connectivity index (χ1n) is 8.86. The molecule has 1 aromatic carbocycles. The number of carbonyl (C=O) groups is 4. The van der Waals surface area contributed by atoms with Gasteiger partial charge in [0.2, 0.25) is 11.8 Å². The summed E-state index contributed by atoms with van der Waals surface area (Å²) in [6, 6.07) is 5.38. The van der Waals surface area contributed by atoms with Gasteiger partial charge >= 0.3 is 0 Å². The lowest BCUT2D eigenvalue weighted by atomic mass is 10.0. The van der Waals surface area contributed by atoms with E-state index in [1.165, 1.54) is 0 Å². The summed E-state index contributed by atoms with van der Waals surface area (Å²) in [6.07, 6.45) is 0.300. The summed E-state index contributed by atoms with van der Waals surface area (Å²) in [7, 11) is 0. The van der Waals surface area contributed by atoms with E-state index in [2.05, 4.69) is 15.5 Å². The van der Waals surface area contributed by atoms with Gasteiger partial charge in [0.25, 0.3) is 11.8 Å². The molecule has 8 heteroatoms. The predicted molar refractivity (Wildman–Crippen MR) is 89.1 cm³/mol. The third kappa shape index (κ3) is 2.15. The van der Waals surface area contributed by atoms with E-state index in [1.54, 1.807) is 12.1 Å². The summed E-state index contributed by atoms with van der Waals surface area (Å²) in [6.45, 7) is 2.53. The number of amides is 4. The molecule has 8 nitrogen and oxygen atoms in total. The molecular weight excluding hydrogens is 336 g/mol. The molecule has 26 heavy (non-hydrogen) atoms. The Bertz CT molecular complexity index is 857. The molecule has 5 rings (SSSR count). The standard InChI is InChI=1S/C18H18N4O4/c23-14-5-4-11(16(24)20-14)22-17(25)10-3-1-2-9(15(10)18(22)26)8-21-12-6-19-7-13(12)21/h1-3,11-13,19H,4-8H2,(H,20,23,24). The van der Waals surface area contributed by atoms with Gasteiger partial charge in [-0.2, -0.15) is 0 Å². The zero-order valence-electron chi connectivity index (χ0n) is 14.0. The largest absolute Gasteiger partial charge is 0.313 e. The molecule has 0 saturated carbocycles. The number of carbonyl (C=O) groups excluding carboxylic acids is 4. The van der Waals surface area contributed by atoms with E-state index < -0.39 is 23.8 Å². The van der Waals surface area contributed by atoms with E-state index in [0.29, 0.717) is 29.8 Å². The third-order valence-corrected chi connectivity index (χ3v) is 5.82. The lowest BCUT2D eigenvalue weighted by Gasteiger charge is -2.27. The van der Waals surface area contributed by atoms with E-state index in [-0.39, 0.29) is 18.7 Å². The zero-order valence-corrected chi connectivity index (χ0v) is 14.0. The molecule has 4 aliphatic rings. The summed E-state index contributed by atoms with van der Waals surface area (Å²) >= 11 is 0. The highest BCUT2D eigenvalue weighted by Gasteiger charge is 2.51. The number of hydrogen-bond donors (Lipinski definition) is 2. The Morgan fingerprint density at radius 3 is 2.54 bits per heavy atom. The van der Waals surface area contributed by atoms with Gasteiger partial charge in [-0.15, -0.1) is 0 Å². The number of fused-ring (bicyclic) bond motifs is 2. The summed E-state index contributed by atoms with van der Waals surface area (Å²) < 4.78 is 0. The van der Waals surface area contributed by atoms with Crippen molar-refractivity contribution in [2.75, 3.05) is 13.1 Å². The number of imide groups is 2. The molecule has 4 heterocycles. The van der Waals surface area contributed by atoms with Crippen LogP contribution >= 0.6 is 0 Å². The summed E-state index contributed by atoms with van der Waals surface area (Å²) in [4.78, 5) is 52.7. The lowest BCUT2D eigenvalue weighted by Crippen LogP contribution is -2.54. The Morgan fingerprint density at radius 2 is 1.81 bits per heavy atom. The smallest absolute Gasteiger partial charge is 0.262 e. The molecule has 3 saturated heterocycles. The lowest BCUT2D eigenvalue weighted by molar-refractivity contribution is -0.136. The normalized spacial score (nSPS) is 32.5. The fourth-order valence-electron chi connectivity index (χ4n) is 4.43. The van der Waals surface area contributed by atoms with E-state index >= 15 is 0 Å². The molecule has 3 atom stereocenters. The van der Waals surface area contributed by atoms with Crippen molar-refractivity contribution < 1.29 is 19.2 Å². The van der Waals surface area contributed by atoms with Crippen LogP contribution in [0.3, 0.4) is 0 Å². The first-order valence-corrected chi connectivity index (χ1v) is 8.86. The first-order chi connectivity index (χ1) is 12.6. The van der Waals surface area contributed by atoms with Crippen LogP contribution in [0.5, 0.6) is 0 Å². The number of nitrogens with one attached hydrogen (secondary N) is 2. The van der Waals surface area contributed by atoms with Crippen LogP contribution in [-0.2, 0) is 16.1 Å². The van der Waals surface area contributed by atoms with Gasteiger partial charge in [-0.25, -0.2) is 0 Å². The Balaban J connectivity index is 1.44. The fourth-order valence-corrected chi connectivity index (χ4v) is 4.43. The van der Waals surface area contributed by atoms with Crippen molar-refractivity contribution in [3.05, 3.63) is 34.9 Å². The Kier molecular flexibility index (Phi) is 3.29. The Hall–Kier alpha value is -2.58. The monoisotopic (exact) mass is 354 g/mol. The van der Waals surface area contributed by atoms with Crippen molar-refractivity contribution in [2.45, 2.75) is 37.5 Å². The van der Waals surface area contributed by atoms with Crippen molar-refractivity contribution in [3.63, 3.8) is 0 Å². The van der Waals surface area contributed by atoms with E-state index in [9.17, 15) is 19.2 Å². The number of nitrogens with zero attached hydrogens (tertiary/aromatic N) is 2. The molecule has 0 aromatic heterocycles. The minimum Gasteiger partial charge on any atom is -0.313 e. The van der Waals surface area contributed by atoms with E-state index in [0.717, 1.165) is 23.6 Å². The van der Waals surface area contributed by atoms with E-state index in [4.69, 9.17) is 0 Å². The maximum absolute atomic E-state index is 13.0. The Labute approximate surface area is 149 Å². The van der Waals surface area contributed by atoms with Gasteiger partial charge in [-0.1, -0.05) is 12.1 Å². The maximum atomic E-state index is 13.0. The average Bonchev–Trinajstić information content (AvgIpc) is 2.95. The van der Waals surface area contributed by atoms with E-state index in [1.807, 2.05) is 6.07 Å². The number of rotatable bonds is 3. The van der Waals surface area contributed by atoms with Crippen LogP contribution < -0.4 is 10.6 Å². The van der Waals surface area contributed by atoms with Gasteiger partial charge in [0.1, 0.15) is 6.04 Å². The second-order valence-electron chi connectivity index (χ2n) is 7.25. The van der Waals surface area contributed by atoms with Gasteiger partial charge in [0.05, 0.1) is 11.1 Å².